The molecule has 2 aromatic carbocycles. The maximum Gasteiger partial charge on any atom is 0.416 e. The summed E-state index contributed by atoms with van der Waals surface area (Å²) in [5, 5.41) is 6.75. The Morgan fingerprint density at radius 2 is 1.58 bits per heavy atom. The van der Waals surface area contributed by atoms with Crippen molar-refractivity contribution in [3.63, 3.8) is 0 Å². The summed E-state index contributed by atoms with van der Waals surface area (Å²) < 4.78 is 50.4. The third-order valence-electron chi connectivity index (χ3n) is 3.08. The fourth-order valence-electron chi connectivity index (χ4n) is 1.86. The second-order valence-corrected chi connectivity index (χ2v) is 5.47. The van der Waals surface area contributed by atoms with E-state index >= 15 is 0 Å². The molecular formula is C16H12ClF4N3O2. The maximum atomic E-state index is 13.0. The Morgan fingerprint density at radius 1 is 0.962 bits per heavy atom. The number of rotatable bonds is 4. The molecule has 0 atom stereocenters. The van der Waals surface area contributed by atoms with Gasteiger partial charge in [-0.1, -0.05) is 11.6 Å². The van der Waals surface area contributed by atoms with Crippen LogP contribution in [0.15, 0.2) is 42.5 Å². The molecule has 3 amide bonds. The normalized spacial score (nSPS) is 11.0. The van der Waals surface area contributed by atoms with Gasteiger partial charge in [0.1, 0.15) is 5.82 Å². The van der Waals surface area contributed by atoms with E-state index in [2.05, 4.69) is 16.0 Å². The average Bonchev–Trinajstić information content (AvgIpc) is 2.56. The van der Waals surface area contributed by atoms with Crippen LogP contribution in [0.1, 0.15) is 5.56 Å². The zero-order chi connectivity index (χ0) is 19.3. The van der Waals surface area contributed by atoms with E-state index in [0.717, 1.165) is 30.3 Å². The summed E-state index contributed by atoms with van der Waals surface area (Å²) in [6.45, 7) is -0.429. The van der Waals surface area contributed by atoms with Crippen molar-refractivity contribution in [1.29, 1.82) is 0 Å². The van der Waals surface area contributed by atoms with Crippen molar-refractivity contribution in [2.75, 3.05) is 17.2 Å². The van der Waals surface area contributed by atoms with E-state index in [9.17, 15) is 27.2 Å². The molecule has 0 saturated heterocycles. The van der Waals surface area contributed by atoms with Crippen LogP contribution in [0.2, 0.25) is 5.02 Å². The van der Waals surface area contributed by atoms with Crippen LogP contribution in [0.4, 0.5) is 33.7 Å². The lowest BCUT2D eigenvalue weighted by molar-refractivity contribution is -0.137. The molecule has 2 rings (SSSR count). The molecule has 0 aliphatic carbocycles. The number of carbonyl (C=O) groups is 2. The Labute approximate surface area is 150 Å². The van der Waals surface area contributed by atoms with Crippen molar-refractivity contribution in [3.05, 3.63) is 58.9 Å². The number of amides is 3. The van der Waals surface area contributed by atoms with Gasteiger partial charge in [-0.2, -0.15) is 13.2 Å². The minimum atomic E-state index is -4.47. The third-order valence-corrected chi connectivity index (χ3v) is 3.37. The minimum absolute atomic E-state index is 0.149. The largest absolute Gasteiger partial charge is 0.416 e. The zero-order valence-corrected chi connectivity index (χ0v) is 13.7. The summed E-state index contributed by atoms with van der Waals surface area (Å²) in [7, 11) is 0. The van der Waals surface area contributed by atoms with Crippen molar-refractivity contribution < 1.29 is 27.2 Å². The van der Waals surface area contributed by atoms with E-state index in [0.29, 0.717) is 0 Å². The van der Waals surface area contributed by atoms with Crippen molar-refractivity contribution in [1.82, 2.24) is 5.32 Å². The van der Waals surface area contributed by atoms with Crippen molar-refractivity contribution in [2.24, 2.45) is 0 Å². The Kier molecular flexibility index (Phi) is 6.04. The Morgan fingerprint density at radius 3 is 2.15 bits per heavy atom. The highest BCUT2D eigenvalue weighted by Crippen LogP contribution is 2.29. The van der Waals surface area contributed by atoms with Crippen molar-refractivity contribution >= 4 is 34.9 Å². The molecule has 0 saturated carbocycles. The minimum Gasteiger partial charge on any atom is -0.329 e. The molecular weight excluding hydrogens is 378 g/mol. The highest BCUT2D eigenvalue weighted by Gasteiger charge is 2.29. The standard InChI is InChI=1S/C16H12ClF4N3O2/c17-12-7-11(5-6-13(12)18)24-15(26)22-8-14(25)23-10-3-1-9(2-4-10)16(19,20)21/h1-7H,8H2,(H,23,25)(H2,22,24,26). The number of anilines is 2. The molecule has 5 nitrogen and oxygen atoms in total. The Bertz CT molecular complexity index is 810. The van der Waals surface area contributed by atoms with E-state index in [1.165, 1.54) is 12.1 Å². The molecule has 0 spiro atoms. The van der Waals surface area contributed by atoms with Crippen LogP contribution in [-0.4, -0.2) is 18.5 Å². The number of halogens is 5. The van der Waals surface area contributed by atoms with Crippen LogP contribution >= 0.6 is 11.6 Å². The second kappa shape index (κ2) is 8.05. The summed E-state index contributed by atoms with van der Waals surface area (Å²) in [5.74, 6) is -1.29. The number of carbonyl (C=O) groups excluding carboxylic acids is 2. The Balaban J connectivity index is 1.82. The fraction of sp³-hybridized carbons (Fsp3) is 0.125. The lowest BCUT2D eigenvalue weighted by Gasteiger charge is -2.10. The van der Waals surface area contributed by atoms with Crippen LogP contribution in [-0.2, 0) is 11.0 Å². The van der Waals surface area contributed by atoms with Gasteiger partial charge in [-0.3, -0.25) is 4.79 Å². The van der Waals surface area contributed by atoms with Gasteiger partial charge < -0.3 is 16.0 Å². The lowest BCUT2D eigenvalue weighted by atomic mass is 10.2. The molecule has 0 aliphatic heterocycles. The highest BCUT2D eigenvalue weighted by molar-refractivity contribution is 6.31. The predicted octanol–water partition coefficient (Wildman–Crippen LogP) is 4.26. The summed E-state index contributed by atoms with van der Waals surface area (Å²) in [6, 6.07) is 6.65. The molecule has 0 radical (unpaired) electrons. The lowest BCUT2D eigenvalue weighted by Crippen LogP contribution is -2.35. The van der Waals surface area contributed by atoms with Gasteiger partial charge >= 0.3 is 12.2 Å². The van der Waals surface area contributed by atoms with E-state index < -0.39 is 36.0 Å². The van der Waals surface area contributed by atoms with Gasteiger partial charge in [-0.15, -0.1) is 0 Å². The van der Waals surface area contributed by atoms with Gasteiger partial charge in [-0.05, 0) is 42.5 Å². The number of urea groups is 1. The number of benzene rings is 2. The third kappa shape index (κ3) is 5.62. The summed E-state index contributed by atoms with van der Waals surface area (Å²) in [5.41, 5.74) is -0.474. The average molecular weight is 390 g/mol. The molecule has 0 aromatic heterocycles. The maximum absolute atomic E-state index is 13.0. The highest BCUT2D eigenvalue weighted by atomic mass is 35.5. The molecule has 2 aromatic rings. The molecule has 26 heavy (non-hydrogen) atoms. The van der Waals surface area contributed by atoms with Crippen molar-refractivity contribution in [2.45, 2.75) is 6.18 Å². The smallest absolute Gasteiger partial charge is 0.329 e. The number of alkyl halides is 3. The molecule has 0 heterocycles. The van der Waals surface area contributed by atoms with Gasteiger partial charge in [0.25, 0.3) is 0 Å². The van der Waals surface area contributed by atoms with Crippen LogP contribution in [0, 0.1) is 5.82 Å². The summed E-state index contributed by atoms with van der Waals surface area (Å²) >= 11 is 5.57. The molecule has 0 unspecified atom stereocenters. The first-order valence-electron chi connectivity index (χ1n) is 7.12. The second-order valence-electron chi connectivity index (χ2n) is 5.06. The van der Waals surface area contributed by atoms with Crippen LogP contribution in [0.5, 0.6) is 0 Å². The molecule has 3 N–H and O–H groups in total. The number of nitrogens with one attached hydrogen (secondary N) is 3. The molecule has 0 bridgehead atoms. The van der Waals surface area contributed by atoms with Crippen LogP contribution in [0.3, 0.4) is 0 Å². The van der Waals surface area contributed by atoms with E-state index in [1.54, 1.807) is 0 Å². The monoisotopic (exact) mass is 389 g/mol. The van der Waals surface area contributed by atoms with Gasteiger partial charge in [0.15, 0.2) is 0 Å². The quantitative estimate of drug-likeness (QED) is 0.684. The summed E-state index contributed by atoms with van der Waals surface area (Å²) in [6.07, 6.45) is -4.47. The van der Waals surface area contributed by atoms with Crippen LogP contribution in [0.25, 0.3) is 0 Å². The van der Waals surface area contributed by atoms with Gasteiger partial charge in [0, 0.05) is 11.4 Å². The first-order chi connectivity index (χ1) is 12.1. The van der Waals surface area contributed by atoms with E-state index in [4.69, 9.17) is 11.6 Å². The topological polar surface area (TPSA) is 70.2 Å². The van der Waals surface area contributed by atoms with Crippen molar-refractivity contribution in [3.8, 4) is 0 Å². The van der Waals surface area contributed by atoms with Gasteiger partial charge in [0.05, 0.1) is 17.1 Å². The molecule has 0 fully saturated rings. The van der Waals surface area contributed by atoms with E-state index in [-0.39, 0.29) is 16.4 Å². The number of hydrogen-bond acceptors (Lipinski definition) is 2. The predicted molar refractivity (Wildman–Crippen MR) is 88.5 cm³/mol. The first-order valence-corrected chi connectivity index (χ1v) is 7.50. The zero-order valence-electron chi connectivity index (χ0n) is 13.0. The Hall–Kier alpha value is -2.81. The number of hydrogen-bond donors (Lipinski definition) is 3. The molecule has 138 valence electrons. The SMILES string of the molecule is O=C(CNC(=O)Nc1ccc(F)c(Cl)c1)Nc1ccc(C(F)(F)F)cc1. The van der Waals surface area contributed by atoms with Crippen LogP contribution < -0.4 is 16.0 Å². The fourth-order valence-corrected chi connectivity index (χ4v) is 2.04. The molecule has 0 aliphatic rings. The molecule has 10 heteroatoms. The van der Waals surface area contributed by atoms with E-state index in [1.807, 2.05) is 0 Å². The van der Waals surface area contributed by atoms with Gasteiger partial charge in [-0.25, -0.2) is 9.18 Å². The summed E-state index contributed by atoms with van der Waals surface area (Å²) in [4.78, 5) is 23.4. The first kappa shape index (κ1) is 19.5. The van der Waals surface area contributed by atoms with Gasteiger partial charge in [0.2, 0.25) is 5.91 Å².